The molecule has 3 nitrogen and oxygen atoms in total. The van der Waals surface area contributed by atoms with Gasteiger partial charge in [0, 0.05) is 0 Å². The van der Waals surface area contributed by atoms with Gasteiger partial charge in [-0.3, -0.25) is 0 Å². The molecular formula is C14H17NO2. The molecule has 0 saturated carbocycles. The molecule has 1 atom stereocenters. The van der Waals surface area contributed by atoms with Gasteiger partial charge in [0.05, 0.1) is 19.4 Å². The highest BCUT2D eigenvalue weighted by Crippen LogP contribution is 2.25. The van der Waals surface area contributed by atoms with Crippen LogP contribution in [-0.4, -0.2) is 13.7 Å². The molecule has 0 aliphatic heterocycles. The predicted molar refractivity (Wildman–Crippen MR) is 67.2 cm³/mol. The van der Waals surface area contributed by atoms with Gasteiger partial charge in [-0.25, -0.2) is 0 Å². The third kappa shape index (κ3) is 2.68. The Morgan fingerprint density at radius 2 is 2.18 bits per heavy atom. The number of furan rings is 1. The van der Waals surface area contributed by atoms with E-state index >= 15 is 0 Å². The van der Waals surface area contributed by atoms with Crippen molar-refractivity contribution < 1.29 is 9.15 Å². The fourth-order valence-electron chi connectivity index (χ4n) is 1.86. The number of nitrogens with one attached hydrogen (secondary N) is 1. The predicted octanol–water partition coefficient (Wildman–Crippen LogP) is 2.99. The Morgan fingerprint density at radius 1 is 1.29 bits per heavy atom. The molecular weight excluding hydrogens is 214 g/mol. The Labute approximate surface area is 101 Å². The minimum atomic E-state index is 0.0742. The van der Waals surface area contributed by atoms with Crippen LogP contribution >= 0.6 is 0 Å². The lowest BCUT2D eigenvalue weighted by molar-refractivity contribution is 0.411. The van der Waals surface area contributed by atoms with E-state index in [-0.39, 0.29) is 6.04 Å². The number of ether oxygens (including phenoxy) is 1. The van der Waals surface area contributed by atoms with Crippen molar-refractivity contribution in [3.8, 4) is 5.75 Å². The molecule has 0 fully saturated rings. The topological polar surface area (TPSA) is 34.4 Å². The van der Waals surface area contributed by atoms with E-state index in [1.165, 1.54) is 0 Å². The van der Waals surface area contributed by atoms with Crippen LogP contribution in [-0.2, 0) is 0 Å². The van der Waals surface area contributed by atoms with Gasteiger partial charge in [-0.1, -0.05) is 19.1 Å². The van der Waals surface area contributed by atoms with Crippen molar-refractivity contribution in [3.63, 3.8) is 0 Å². The molecule has 0 aliphatic carbocycles. The molecule has 90 valence electrons. The summed E-state index contributed by atoms with van der Waals surface area (Å²) in [6.45, 7) is 2.96. The zero-order valence-corrected chi connectivity index (χ0v) is 10.1. The molecule has 0 radical (unpaired) electrons. The van der Waals surface area contributed by atoms with Gasteiger partial charge in [-0.05, 0) is 36.4 Å². The van der Waals surface area contributed by atoms with Crippen molar-refractivity contribution >= 4 is 0 Å². The van der Waals surface area contributed by atoms with Crippen molar-refractivity contribution in [2.75, 3.05) is 13.7 Å². The van der Waals surface area contributed by atoms with Gasteiger partial charge in [0.15, 0.2) is 0 Å². The van der Waals surface area contributed by atoms with Crippen molar-refractivity contribution in [2.45, 2.75) is 13.0 Å². The van der Waals surface area contributed by atoms with E-state index in [0.717, 1.165) is 23.6 Å². The minimum absolute atomic E-state index is 0.0742. The maximum Gasteiger partial charge on any atom is 0.125 e. The summed E-state index contributed by atoms with van der Waals surface area (Å²) in [5, 5.41) is 3.40. The number of methoxy groups -OCH3 is 1. The van der Waals surface area contributed by atoms with Gasteiger partial charge in [0.2, 0.25) is 0 Å². The summed E-state index contributed by atoms with van der Waals surface area (Å²) < 4.78 is 10.7. The highest BCUT2D eigenvalue weighted by molar-refractivity contribution is 5.34. The van der Waals surface area contributed by atoms with Crippen molar-refractivity contribution in [1.29, 1.82) is 0 Å². The second kappa shape index (κ2) is 5.55. The van der Waals surface area contributed by atoms with E-state index in [1.807, 2.05) is 30.3 Å². The van der Waals surface area contributed by atoms with Gasteiger partial charge in [0.25, 0.3) is 0 Å². The van der Waals surface area contributed by atoms with E-state index in [4.69, 9.17) is 9.15 Å². The molecule has 1 aromatic carbocycles. The standard InChI is InChI=1S/C14H17NO2/c1-3-15-14(13-8-5-9-17-13)11-6-4-7-12(10-11)16-2/h4-10,14-15H,3H2,1-2H3. The molecule has 17 heavy (non-hydrogen) atoms. The molecule has 2 aromatic rings. The van der Waals surface area contributed by atoms with Gasteiger partial charge in [-0.15, -0.1) is 0 Å². The Bertz CT molecular complexity index is 451. The second-order valence-electron chi connectivity index (χ2n) is 3.78. The first-order chi connectivity index (χ1) is 8.35. The Kier molecular flexibility index (Phi) is 3.83. The SMILES string of the molecule is CCNC(c1cccc(OC)c1)c1ccco1. The third-order valence-corrected chi connectivity index (χ3v) is 2.66. The molecule has 1 heterocycles. The number of rotatable bonds is 5. The molecule has 0 amide bonds. The average molecular weight is 231 g/mol. The van der Waals surface area contributed by atoms with Crippen LogP contribution in [0.5, 0.6) is 5.75 Å². The van der Waals surface area contributed by atoms with Gasteiger partial charge < -0.3 is 14.5 Å². The van der Waals surface area contributed by atoms with Crippen LogP contribution in [0.3, 0.4) is 0 Å². The second-order valence-corrected chi connectivity index (χ2v) is 3.78. The lowest BCUT2D eigenvalue weighted by Gasteiger charge is -2.16. The smallest absolute Gasteiger partial charge is 0.125 e. The first-order valence-corrected chi connectivity index (χ1v) is 5.76. The zero-order chi connectivity index (χ0) is 12.1. The van der Waals surface area contributed by atoms with E-state index in [9.17, 15) is 0 Å². The summed E-state index contributed by atoms with van der Waals surface area (Å²) >= 11 is 0. The van der Waals surface area contributed by atoms with Crippen LogP contribution in [0.1, 0.15) is 24.3 Å². The zero-order valence-electron chi connectivity index (χ0n) is 10.1. The molecule has 0 aliphatic rings. The number of hydrogen-bond acceptors (Lipinski definition) is 3. The molecule has 0 bridgehead atoms. The van der Waals surface area contributed by atoms with E-state index < -0.39 is 0 Å². The van der Waals surface area contributed by atoms with Crippen molar-refractivity contribution in [3.05, 3.63) is 54.0 Å². The van der Waals surface area contributed by atoms with Gasteiger partial charge in [0.1, 0.15) is 11.5 Å². The fraction of sp³-hybridized carbons (Fsp3) is 0.286. The quantitative estimate of drug-likeness (QED) is 0.859. The monoisotopic (exact) mass is 231 g/mol. The Hall–Kier alpha value is -1.74. The van der Waals surface area contributed by atoms with Crippen molar-refractivity contribution in [2.24, 2.45) is 0 Å². The van der Waals surface area contributed by atoms with Gasteiger partial charge in [-0.2, -0.15) is 0 Å². The van der Waals surface area contributed by atoms with Gasteiger partial charge >= 0.3 is 0 Å². The number of benzene rings is 1. The molecule has 3 heteroatoms. The maximum absolute atomic E-state index is 5.47. The highest BCUT2D eigenvalue weighted by atomic mass is 16.5. The first-order valence-electron chi connectivity index (χ1n) is 5.76. The summed E-state index contributed by atoms with van der Waals surface area (Å²) in [4.78, 5) is 0. The summed E-state index contributed by atoms with van der Waals surface area (Å²) in [5.74, 6) is 1.78. The third-order valence-electron chi connectivity index (χ3n) is 2.66. The van der Waals surface area contributed by atoms with E-state index in [1.54, 1.807) is 13.4 Å². The van der Waals surface area contributed by atoms with Crippen LogP contribution in [0, 0.1) is 0 Å². The Morgan fingerprint density at radius 3 is 2.82 bits per heavy atom. The summed E-state index contributed by atoms with van der Waals surface area (Å²) in [7, 11) is 1.67. The summed E-state index contributed by atoms with van der Waals surface area (Å²) in [5.41, 5.74) is 1.14. The molecule has 1 N–H and O–H groups in total. The van der Waals surface area contributed by atoms with Crippen LogP contribution in [0.15, 0.2) is 47.1 Å². The minimum Gasteiger partial charge on any atom is -0.497 e. The lowest BCUT2D eigenvalue weighted by Crippen LogP contribution is -2.21. The normalized spacial score (nSPS) is 12.4. The van der Waals surface area contributed by atoms with Crippen LogP contribution in [0.4, 0.5) is 0 Å². The van der Waals surface area contributed by atoms with Crippen LogP contribution < -0.4 is 10.1 Å². The van der Waals surface area contributed by atoms with Crippen LogP contribution in [0.2, 0.25) is 0 Å². The first kappa shape index (κ1) is 11.7. The lowest BCUT2D eigenvalue weighted by atomic mass is 10.0. The summed E-state index contributed by atoms with van der Waals surface area (Å²) in [6, 6.07) is 12.0. The summed E-state index contributed by atoms with van der Waals surface area (Å²) in [6.07, 6.45) is 1.69. The fourth-order valence-corrected chi connectivity index (χ4v) is 1.86. The molecule has 0 saturated heterocycles. The molecule has 2 rings (SSSR count). The highest BCUT2D eigenvalue weighted by Gasteiger charge is 2.15. The number of hydrogen-bond donors (Lipinski definition) is 1. The van der Waals surface area contributed by atoms with E-state index in [2.05, 4.69) is 18.3 Å². The largest absolute Gasteiger partial charge is 0.497 e. The molecule has 0 spiro atoms. The molecule has 1 unspecified atom stereocenters. The average Bonchev–Trinajstić information content (AvgIpc) is 2.89. The molecule has 1 aromatic heterocycles. The Balaban J connectivity index is 2.32. The maximum atomic E-state index is 5.47. The van der Waals surface area contributed by atoms with E-state index in [0.29, 0.717) is 0 Å². The van der Waals surface area contributed by atoms with Crippen molar-refractivity contribution in [1.82, 2.24) is 5.32 Å². The van der Waals surface area contributed by atoms with Crippen LogP contribution in [0.25, 0.3) is 0 Å².